The number of aliphatic carboxylic acids is 1. The van der Waals surface area contributed by atoms with E-state index in [2.05, 4.69) is 0 Å². The summed E-state index contributed by atoms with van der Waals surface area (Å²) < 4.78 is 0. The fraction of sp³-hybridized carbons (Fsp3) is 0.385. The van der Waals surface area contributed by atoms with Crippen LogP contribution in [0, 0.1) is 0 Å². The second-order valence-corrected chi connectivity index (χ2v) is 5.69. The third-order valence-electron chi connectivity index (χ3n) is 2.99. The molecular weight excluding hydrogens is 264 g/mol. The lowest BCUT2D eigenvalue weighted by Crippen LogP contribution is -2.40. The molecule has 0 saturated carbocycles. The van der Waals surface area contributed by atoms with Crippen LogP contribution in [-0.4, -0.2) is 34.5 Å². The summed E-state index contributed by atoms with van der Waals surface area (Å²) in [4.78, 5) is 24.7. The molecular formula is C13H16N2O3S. The van der Waals surface area contributed by atoms with Gasteiger partial charge in [0.1, 0.15) is 6.54 Å². The van der Waals surface area contributed by atoms with Crippen molar-refractivity contribution in [3.05, 3.63) is 24.3 Å². The number of carbonyl (C=O) groups is 2. The number of carboxylic acid groups (broad SMARTS) is 1. The minimum Gasteiger partial charge on any atom is -0.480 e. The number of nitrogen functional groups attached to an aromatic ring is 1. The molecule has 1 unspecified atom stereocenters. The van der Waals surface area contributed by atoms with Crippen molar-refractivity contribution in [3.8, 4) is 0 Å². The summed E-state index contributed by atoms with van der Waals surface area (Å²) >= 11 is 1.58. The number of hydrogen-bond donors (Lipinski definition) is 2. The third kappa shape index (κ3) is 3.20. The fourth-order valence-corrected chi connectivity index (χ4v) is 3.32. The summed E-state index contributed by atoms with van der Waals surface area (Å²) in [5.41, 5.74) is 6.73. The number of anilines is 2. The summed E-state index contributed by atoms with van der Waals surface area (Å²) in [6, 6.07) is 6.84. The van der Waals surface area contributed by atoms with Gasteiger partial charge in [0.25, 0.3) is 0 Å². The first kappa shape index (κ1) is 13.7. The molecule has 0 radical (unpaired) electrons. The first-order chi connectivity index (χ1) is 9.09. The molecule has 3 N–H and O–H groups in total. The van der Waals surface area contributed by atoms with Gasteiger partial charge in [0, 0.05) is 0 Å². The standard InChI is InChI=1S/C13H16N2O3S/c14-9-4-1-2-5-10(9)15(8-12(16)17)13(18)11-6-3-7-19-11/h1-2,4-5,11H,3,6-8,14H2,(H,16,17). The van der Waals surface area contributed by atoms with Crippen molar-refractivity contribution in [2.24, 2.45) is 0 Å². The van der Waals surface area contributed by atoms with Crippen LogP contribution in [0.15, 0.2) is 24.3 Å². The number of carboxylic acids is 1. The van der Waals surface area contributed by atoms with Crippen LogP contribution in [0.5, 0.6) is 0 Å². The maximum absolute atomic E-state index is 12.4. The SMILES string of the molecule is Nc1ccccc1N(CC(=O)O)C(=O)C1CCCS1. The van der Waals surface area contributed by atoms with Gasteiger partial charge in [-0.1, -0.05) is 12.1 Å². The molecule has 2 rings (SSSR count). The highest BCUT2D eigenvalue weighted by Gasteiger charge is 2.30. The van der Waals surface area contributed by atoms with Gasteiger partial charge in [0.15, 0.2) is 0 Å². The molecule has 0 aromatic heterocycles. The zero-order valence-corrected chi connectivity index (χ0v) is 11.2. The van der Waals surface area contributed by atoms with Crippen molar-refractivity contribution in [3.63, 3.8) is 0 Å². The summed E-state index contributed by atoms with van der Waals surface area (Å²) in [5.74, 6) is -0.260. The van der Waals surface area contributed by atoms with E-state index in [4.69, 9.17) is 10.8 Å². The average molecular weight is 280 g/mol. The highest BCUT2D eigenvalue weighted by Crippen LogP contribution is 2.31. The molecule has 1 aromatic rings. The molecule has 1 heterocycles. The van der Waals surface area contributed by atoms with Crippen molar-refractivity contribution in [1.29, 1.82) is 0 Å². The highest BCUT2D eigenvalue weighted by molar-refractivity contribution is 8.00. The van der Waals surface area contributed by atoms with Gasteiger partial charge in [-0.25, -0.2) is 0 Å². The zero-order valence-electron chi connectivity index (χ0n) is 10.4. The van der Waals surface area contributed by atoms with E-state index in [9.17, 15) is 9.59 Å². The van der Waals surface area contributed by atoms with Crippen LogP contribution in [0.3, 0.4) is 0 Å². The molecule has 1 amide bonds. The Bertz CT molecular complexity index is 487. The Labute approximate surface area is 115 Å². The van der Waals surface area contributed by atoms with Gasteiger partial charge in [0.05, 0.1) is 16.6 Å². The van der Waals surface area contributed by atoms with Crippen LogP contribution in [0.1, 0.15) is 12.8 Å². The van der Waals surface area contributed by atoms with E-state index in [1.165, 1.54) is 4.90 Å². The zero-order chi connectivity index (χ0) is 13.8. The lowest BCUT2D eigenvalue weighted by Gasteiger charge is -2.24. The monoisotopic (exact) mass is 280 g/mol. The number of amides is 1. The molecule has 0 spiro atoms. The minimum atomic E-state index is -1.04. The van der Waals surface area contributed by atoms with Gasteiger partial charge in [-0.2, -0.15) is 0 Å². The number of hydrogen-bond acceptors (Lipinski definition) is 4. The fourth-order valence-electron chi connectivity index (χ4n) is 2.10. The van der Waals surface area contributed by atoms with Crippen LogP contribution in [0.25, 0.3) is 0 Å². The molecule has 5 nitrogen and oxygen atoms in total. The van der Waals surface area contributed by atoms with Crippen LogP contribution >= 0.6 is 11.8 Å². The average Bonchev–Trinajstić information content (AvgIpc) is 2.90. The van der Waals surface area contributed by atoms with Gasteiger partial charge < -0.3 is 10.8 Å². The van der Waals surface area contributed by atoms with Crippen LogP contribution < -0.4 is 10.6 Å². The van der Waals surface area contributed by atoms with E-state index in [-0.39, 0.29) is 17.7 Å². The Morgan fingerprint density at radius 2 is 2.16 bits per heavy atom. The number of para-hydroxylation sites is 2. The highest BCUT2D eigenvalue weighted by atomic mass is 32.2. The van der Waals surface area contributed by atoms with Crippen LogP contribution in [0.4, 0.5) is 11.4 Å². The second-order valence-electron chi connectivity index (χ2n) is 4.38. The predicted molar refractivity (Wildman–Crippen MR) is 76.3 cm³/mol. The van der Waals surface area contributed by atoms with Crippen molar-refractivity contribution in [2.75, 3.05) is 22.9 Å². The smallest absolute Gasteiger partial charge is 0.323 e. The molecule has 19 heavy (non-hydrogen) atoms. The molecule has 1 atom stereocenters. The van der Waals surface area contributed by atoms with Gasteiger partial charge in [0.2, 0.25) is 5.91 Å². The van der Waals surface area contributed by atoms with Crippen molar-refractivity contribution in [2.45, 2.75) is 18.1 Å². The summed E-state index contributed by atoms with van der Waals surface area (Å²) in [5, 5.41) is 8.83. The van der Waals surface area contributed by atoms with Crippen LogP contribution in [-0.2, 0) is 9.59 Å². The molecule has 1 fully saturated rings. The Kier molecular flexibility index (Phi) is 4.31. The second kappa shape index (κ2) is 5.97. The van der Waals surface area contributed by atoms with E-state index in [1.807, 2.05) is 0 Å². The normalized spacial score (nSPS) is 18.2. The van der Waals surface area contributed by atoms with E-state index in [0.29, 0.717) is 11.4 Å². The molecule has 102 valence electrons. The third-order valence-corrected chi connectivity index (χ3v) is 4.36. The summed E-state index contributed by atoms with van der Waals surface area (Å²) in [6.45, 7) is -0.357. The number of thioether (sulfide) groups is 1. The largest absolute Gasteiger partial charge is 0.480 e. The van der Waals surface area contributed by atoms with Crippen molar-refractivity contribution >= 4 is 35.0 Å². The van der Waals surface area contributed by atoms with Gasteiger partial charge in [-0.15, -0.1) is 11.8 Å². The topological polar surface area (TPSA) is 83.6 Å². The Morgan fingerprint density at radius 1 is 1.42 bits per heavy atom. The molecule has 1 saturated heterocycles. The maximum atomic E-state index is 12.4. The number of benzene rings is 1. The molecule has 0 aliphatic carbocycles. The lowest BCUT2D eigenvalue weighted by molar-refractivity contribution is -0.136. The predicted octanol–water partition coefficient (Wildman–Crippen LogP) is 1.58. The van der Waals surface area contributed by atoms with E-state index in [1.54, 1.807) is 36.0 Å². The first-order valence-corrected chi connectivity index (χ1v) is 7.13. The molecule has 1 aliphatic heterocycles. The quantitative estimate of drug-likeness (QED) is 0.818. The Balaban J connectivity index is 2.27. The Morgan fingerprint density at radius 3 is 2.74 bits per heavy atom. The Hall–Kier alpha value is -1.69. The van der Waals surface area contributed by atoms with E-state index in [0.717, 1.165) is 18.6 Å². The first-order valence-electron chi connectivity index (χ1n) is 6.09. The summed E-state index contributed by atoms with van der Waals surface area (Å²) in [7, 11) is 0. The van der Waals surface area contributed by atoms with Gasteiger partial charge in [-0.3, -0.25) is 14.5 Å². The number of rotatable bonds is 4. The van der Waals surface area contributed by atoms with E-state index < -0.39 is 5.97 Å². The number of nitrogens with two attached hydrogens (primary N) is 1. The lowest BCUT2D eigenvalue weighted by atomic mass is 10.2. The molecule has 1 aromatic carbocycles. The van der Waals surface area contributed by atoms with Gasteiger partial charge >= 0.3 is 5.97 Å². The van der Waals surface area contributed by atoms with Crippen molar-refractivity contribution < 1.29 is 14.7 Å². The molecule has 0 bridgehead atoms. The molecule has 1 aliphatic rings. The van der Waals surface area contributed by atoms with E-state index >= 15 is 0 Å². The van der Waals surface area contributed by atoms with Gasteiger partial charge in [-0.05, 0) is 30.7 Å². The van der Waals surface area contributed by atoms with Crippen LogP contribution in [0.2, 0.25) is 0 Å². The number of carbonyl (C=O) groups excluding carboxylic acids is 1. The number of nitrogens with zero attached hydrogens (tertiary/aromatic N) is 1. The molecule has 6 heteroatoms. The summed E-state index contributed by atoms with van der Waals surface area (Å²) in [6.07, 6.45) is 1.79. The maximum Gasteiger partial charge on any atom is 0.323 e. The van der Waals surface area contributed by atoms with Crippen molar-refractivity contribution in [1.82, 2.24) is 0 Å². The minimum absolute atomic E-state index is 0.154.